The van der Waals surface area contributed by atoms with Crippen LogP contribution in [0.25, 0.3) is 0 Å². The van der Waals surface area contributed by atoms with Gasteiger partial charge in [-0.1, -0.05) is 6.92 Å². The van der Waals surface area contributed by atoms with Crippen LogP contribution >= 0.6 is 0 Å². The zero-order valence-electron chi connectivity index (χ0n) is 9.34. The normalized spacial score (nSPS) is 14.7. The summed E-state index contributed by atoms with van der Waals surface area (Å²) in [4.78, 5) is 24.4. The van der Waals surface area contributed by atoms with Gasteiger partial charge in [-0.3, -0.25) is 14.3 Å². The van der Waals surface area contributed by atoms with Gasteiger partial charge in [0.1, 0.15) is 6.23 Å². The van der Waals surface area contributed by atoms with Crippen molar-refractivity contribution in [3.05, 3.63) is 33.1 Å². The third-order valence-corrected chi connectivity index (χ3v) is 2.29. The monoisotopic (exact) mass is 228 g/mol. The number of aliphatic hydroxyl groups excluding tert-OH is 1. The molecule has 0 spiro atoms. The van der Waals surface area contributed by atoms with E-state index in [0.717, 1.165) is 0 Å². The van der Waals surface area contributed by atoms with Gasteiger partial charge in [-0.25, -0.2) is 4.79 Å². The molecule has 0 bridgehead atoms. The number of nitrogens with zero attached hydrogens (tertiary/aromatic N) is 1. The second-order valence-electron chi connectivity index (χ2n) is 3.47. The van der Waals surface area contributed by atoms with Crippen LogP contribution < -0.4 is 11.2 Å². The molecule has 1 rings (SSSR count). The lowest BCUT2D eigenvalue weighted by molar-refractivity contribution is -0.0682. The van der Waals surface area contributed by atoms with Gasteiger partial charge in [0, 0.05) is 12.3 Å². The first-order valence-corrected chi connectivity index (χ1v) is 5.16. The Balaban J connectivity index is 2.84. The molecule has 0 aliphatic heterocycles. The summed E-state index contributed by atoms with van der Waals surface area (Å²) in [5.41, 5.74) is -0.963. The Bertz CT molecular complexity index is 433. The number of aromatic amines is 1. The van der Waals surface area contributed by atoms with Crippen molar-refractivity contribution in [2.45, 2.75) is 32.6 Å². The van der Waals surface area contributed by atoms with E-state index in [9.17, 15) is 9.59 Å². The minimum absolute atomic E-state index is 0.0983. The first-order chi connectivity index (χ1) is 7.58. The summed E-state index contributed by atoms with van der Waals surface area (Å²) in [5, 5.41) is 8.97. The van der Waals surface area contributed by atoms with Gasteiger partial charge >= 0.3 is 5.69 Å². The highest BCUT2D eigenvalue weighted by Gasteiger charge is 2.12. The number of rotatable bonds is 5. The van der Waals surface area contributed by atoms with Crippen molar-refractivity contribution >= 4 is 0 Å². The predicted octanol–water partition coefficient (Wildman–Crippen LogP) is -0.157. The first-order valence-electron chi connectivity index (χ1n) is 5.16. The molecular formula is C10H16N2O4. The molecule has 0 aliphatic rings. The fourth-order valence-electron chi connectivity index (χ4n) is 1.33. The number of aliphatic hydroxyl groups is 1. The van der Waals surface area contributed by atoms with E-state index in [0.29, 0.717) is 6.42 Å². The summed E-state index contributed by atoms with van der Waals surface area (Å²) in [6, 6.07) is 1.25. The van der Waals surface area contributed by atoms with E-state index in [-0.39, 0.29) is 12.7 Å². The highest BCUT2D eigenvalue weighted by Crippen LogP contribution is 2.09. The van der Waals surface area contributed by atoms with Gasteiger partial charge in [0.25, 0.3) is 5.56 Å². The number of aromatic nitrogens is 2. The van der Waals surface area contributed by atoms with Crippen molar-refractivity contribution in [3.63, 3.8) is 0 Å². The van der Waals surface area contributed by atoms with Gasteiger partial charge in [0.15, 0.2) is 0 Å². The third-order valence-electron chi connectivity index (χ3n) is 2.29. The molecule has 1 aromatic heterocycles. The topological polar surface area (TPSA) is 84.3 Å². The Kier molecular flexibility index (Phi) is 4.45. The molecular weight excluding hydrogens is 212 g/mol. The molecule has 0 aromatic carbocycles. The van der Waals surface area contributed by atoms with Crippen LogP contribution in [-0.2, 0) is 4.74 Å². The number of hydrogen-bond donors (Lipinski definition) is 2. The zero-order chi connectivity index (χ0) is 12.1. The maximum absolute atomic E-state index is 11.4. The van der Waals surface area contributed by atoms with Gasteiger partial charge in [0.05, 0.1) is 12.7 Å². The number of H-pyrrole nitrogens is 1. The van der Waals surface area contributed by atoms with Gasteiger partial charge in [-0.05, 0) is 13.3 Å². The average Bonchev–Trinajstić information content (AvgIpc) is 2.25. The van der Waals surface area contributed by atoms with Crippen molar-refractivity contribution in [1.29, 1.82) is 0 Å². The molecule has 1 unspecified atom stereocenters. The van der Waals surface area contributed by atoms with Gasteiger partial charge < -0.3 is 9.84 Å². The Morgan fingerprint density at radius 3 is 2.75 bits per heavy atom. The maximum Gasteiger partial charge on any atom is 0.330 e. The molecule has 0 amide bonds. The molecule has 90 valence electrons. The molecule has 0 fully saturated rings. The summed E-state index contributed by atoms with van der Waals surface area (Å²) in [5.74, 6) is 0. The van der Waals surface area contributed by atoms with E-state index in [2.05, 4.69) is 4.98 Å². The molecule has 0 aliphatic carbocycles. The molecule has 1 aromatic rings. The van der Waals surface area contributed by atoms with Crippen LogP contribution in [0.2, 0.25) is 0 Å². The molecule has 0 radical (unpaired) electrons. The van der Waals surface area contributed by atoms with Crippen LogP contribution in [0.15, 0.2) is 21.9 Å². The molecule has 0 saturated carbocycles. The molecule has 1 heterocycles. The van der Waals surface area contributed by atoms with E-state index in [1.54, 1.807) is 6.92 Å². The zero-order valence-corrected chi connectivity index (χ0v) is 9.34. The standard InChI is InChI=1S/C10H16N2O4/c1-3-8(6-13)16-7(2)12-5-4-9(14)11-10(12)15/h4-5,7-8,13H,3,6H2,1-2H3,(H,11,14,15)/t7-,8?/m1/s1. The van der Waals surface area contributed by atoms with Crippen molar-refractivity contribution < 1.29 is 9.84 Å². The Morgan fingerprint density at radius 1 is 1.56 bits per heavy atom. The van der Waals surface area contributed by atoms with Gasteiger partial charge in [0.2, 0.25) is 0 Å². The van der Waals surface area contributed by atoms with Gasteiger partial charge in [-0.15, -0.1) is 0 Å². The molecule has 2 atom stereocenters. The Morgan fingerprint density at radius 2 is 2.25 bits per heavy atom. The molecule has 6 heteroatoms. The summed E-state index contributed by atoms with van der Waals surface area (Å²) in [7, 11) is 0. The summed E-state index contributed by atoms with van der Waals surface area (Å²) >= 11 is 0. The second kappa shape index (κ2) is 5.62. The third kappa shape index (κ3) is 3.04. The lowest BCUT2D eigenvalue weighted by Gasteiger charge is -2.20. The SMILES string of the molecule is CCC(CO)O[C@H](C)n1ccc(=O)[nH]c1=O. The quantitative estimate of drug-likeness (QED) is 0.733. The average molecular weight is 228 g/mol. The van der Waals surface area contributed by atoms with E-state index < -0.39 is 17.5 Å². The van der Waals surface area contributed by atoms with Gasteiger partial charge in [-0.2, -0.15) is 0 Å². The maximum atomic E-state index is 11.4. The smallest absolute Gasteiger partial charge is 0.330 e. The van der Waals surface area contributed by atoms with Crippen LogP contribution in [0, 0.1) is 0 Å². The van der Waals surface area contributed by atoms with E-state index in [4.69, 9.17) is 9.84 Å². The number of hydrogen-bond acceptors (Lipinski definition) is 4. The van der Waals surface area contributed by atoms with Crippen LogP contribution in [0.1, 0.15) is 26.5 Å². The van der Waals surface area contributed by atoms with Crippen molar-refractivity contribution in [1.82, 2.24) is 9.55 Å². The van der Waals surface area contributed by atoms with Crippen molar-refractivity contribution in [2.24, 2.45) is 0 Å². The van der Waals surface area contributed by atoms with Crippen LogP contribution in [0.5, 0.6) is 0 Å². The van der Waals surface area contributed by atoms with E-state index in [1.165, 1.54) is 16.8 Å². The lowest BCUT2D eigenvalue weighted by atomic mass is 10.3. The van der Waals surface area contributed by atoms with Crippen LogP contribution in [0.3, 0.4) is 0 Å². The molecule has 6 nitrogen and oxygen atoms in total. The summed E-state index contributed by atoms with van der Waals surface area (Å²) in [6.07, 6.45) is 1.18. The predicted molar refractivity (Wildman–Crippen MR) is 58.3 cm³/mol. The van der Waals surface area contributed by atoms with Crippen LogP contribution in [0.4, 0.5) is 0 Å². The molecule has 2 N–H and O–H groups in total. The highest BCUT2D eigenvalue weighted by atomic mass is 16.5. The highest BCUT2D eigenvalue weighted by molar-refractivity contribution is 4.83. The lowest BCUT2D eigenvalue weighted by Crippen LogP contribution is -2.33. The van der Waals surface area contributed by atoms with Crippen LogP contribution in [-0.4, -0.2) is 27.4 Å². The fraction of sp³-hybridized carbons (Fsp3) is 0.600. The summed E-state index contributed by atoms with van der Waals surface area (Å²) < 4.78 is 6.71. The Hall–Kier alpha value is -1.40. The molecule has 16 heavy (non-hydrogen) atoms. The minimum atomic E-state index is -0.526. The Labute approximate surface area is 92.5 Å². The van der Waals surface area contributed by atoms with Crippen molar-refractivity contribution in [3.8, 4) is 0 Å². The van der Waals surface area contributed by atoms with Crippen molar-refractivity contribution in [2.75, 3.05) is 6.61 Å². The van der Waals surface area contributed by atoms with E-state index in [1.807, 2.05) is 6.92 Å². The summed E-state index contributed by atoms with van der Waals surface area (Å²) in [6.45, 7) is 3.46. The largest absolute Gasteiger partial charge is 0.394 e. The fourth-order valence-corrected chi connectivity index (χ4v) is 1.33. The number of ether oxygens (including phenoxy) is 1. The molecule has 0 saturated heterocycles. The first kappa shape index (κ1) is 12.7. The van der Waals surface area contributed by atoms with E-state index >= 15 is 0 Å². The second-order valence-corrected chi connectivity index (χ2v) is 3.47. The minimum Gasteiger partial charge on any atom is -0.394 e. The number of nitrogens with one attached hydrogen (secondary N) is 1.